The highest BCUT2D eigenvalue weighted by molar-refractivity contribution is 5.96. The fraction of sp³-hybridized carbons (Fsp3) is 0.250. The SMILES string of the molecule is CCCc1ccc(OCCNc2ccc([N+](=O)[O-])c3cccnc23)cc1. The van der Waals surface area contributed by atoms with E-state index in [0.29, 0.717) is 24.1 Å². The predicted molar refractivity (Wildman–Crippen MR) is 103 cm³/mol. The average molecular weight is 351 g/mol. The second-order valence-corrected chi connectivity index (χ2v) is 5.96. The molecule has 0 bridgehead atoms. The molecule has 0 fully saturated rings. The summed E-state index contributed by atoms with van der Waals surface area (Å²) in [5.74, 6) is 0.832. The van der Waals surface area contributed by atoms with Gasteiger partial charge in [-0.05, 0) is 42.3 Å². The molecule has 0 saturated carbocycles. The summed E-state index contributed by atoms with van der Waals surface area (Å²) in [5, 5.41) is 14.9. The molecule has 0 aliphatic rings. The summed E-state index contributed by atoms with van der Waals surface area (Å²) in [6.45, 7) is 3.21. The van der Waals surface area contributed by atoms with E-state index >= 15 is 0 Å². The van der Waals surface area contributed by atoms with E-state index in [-0.39, 0.29) is 10.6 Å². The molecule has 0 aliphatic heterocycles. The minimum atomic E-state index is -0.390. The standard InChI is InChI=1S/C20H21N3O3/c1-2-4-15-6-8-16(9-7-15)26-14-13-21-18-10-11-19(23(24)25)17-5-3-12-22-20(17)18/h3,5-12,21H,2,4,13-14H2,1H3. The van der Waals surface area contributed by atoms with E-state index in [0.717, 1.165) is 24.3 Å². The van der Waals surface area contributed by atoms with Gasteiger partial charge in [0.25, 0.3) is 5.69 Å². The first-order chi connectivity index (χ1) is 12.7. The van der Waals surface area contributed by atoms with Crippen molar-refractivity contribution < 1.29 is 9.66 Å². The lowest BCUT2D eigenvalue weighted by molar-refractivity contribution is -0.383. The van der Waals surface area contributed by atoms with Gasteiger partial charge in [0, 0.05) is 18.8 Å². The first kappa shape index (κ1) is 17.7. The molecule has 134 valence electrons. The molecular weight excluding hydrogens is 330 g/mol. The highest BCUT2D eigenvalue weighted by Crippen LogP contribution is 2.29. The Morgan fingerprint density at radius 3 is 2.69 bits per heavy atom. The molecule has 0 saturated heterocycles. The molecule has 0 atom stereocenters. The predicted octanol–water partition coefficient (Wildman–Crippen LogP) is 4.59. The Morgan fingerprint density at radius 1 is 1.15 bits per heavy atom. The molecule has 1 heterocycles. The normalized spacial score (nSPS) is 10.7. The van der Waals surface area contributed by atoms with E-state index in [2.05, 4.69) is 29.4 Å². The number of rotatable bonds is 8. The smallest absolute Gasteiger partial charge is 0.278 e. The second kappa shape index (κ2) is 8.29. The van der Waals surface area contributed by atoms with Crippen LogP contribution in [-0.2, 0) is 6.42 Å². The number of fused-ring (bicyclic) bond motifs is 1. The van der Waals surface area contributed by atoms with Gasteiger partial charge in [0.15, 0.2) is 0 Å². The van der Waals surface area contributed by atoms with Crippen LogP contribution in [0.15, 0.2) is 54.7 Å². The number of nitrogens with zero attached hydrogens (tertiary/aromatic N) is 2. The summed E-state index contributed by atoms with van der Waals surface area (Å²) in [7, 11) is 0. The van der Waals surface area contributed by atoms with Crippen molar-refractivity contribution in [2.24, 2.45) is 0 Å². The van der Waals surface area contributed by atoms with Gasteiger partial charge in [-0.1, -0.05) is 25.5 Å². The van der Waals surface area contributed by atoms with E-state index in [1.165, 1.54) is 11.6 Å². The molecule has 0 spiro atoms. The number of pyridine rings is 1. The van der Waals surface area contributed by atoms with E-state index in [9.17, 15) is 10.1 Å². The zero-order valence-electron chi connectivity index (χ0n) is 14.6. The molecule has 2 aromatic carbocycles. The van der Waals surface area contributed by atoms with Gasteiger partial charge in [-0.15, -0.1) is 0 Å². The van der Waals surface area contributed by atoms with Gasteiger partial charge in [0.05, 0.1) is 16.0 Å². The molecule has 6 heteroatoms. The van der Waals surface area contributed by atoms with Crippen molar-refractivity contribution in [3.05, 3.63) is 70.4 Å². The van der Waals surface area contributed by atoms with Crippen LogP contribution in [0.4, 0.5) is 11.4 Å². The lowest BCUT2D eigenvalue weighted by Crippen LogP contribution is -2.12. The number of hydrogen-bond donors (Lipinski definition) is 1. The van der Waals surface area contributed by atoms with E-state index in [4.69, 9.17) is 4.74 Å². The van der Waals surface area contributed by atoms with Crippen molar-refractivity contribution in [2.75, 3.05) is 18.5 Å². The van der Waals surface area contributed by atoms with Crippen LogP contribution in [0.2, 0.25) is 0 Å². The number of nitro groups is 1. The van der Waals surface area contributed by atoms with Crippen LogP contribution in [0, 0.1) is 10.1 Å². The molecule has 0 aliphatic carbocycles. The minimum Gasteiger partial charge on any atom is -0.492 e. The quantitative estimate of drug-likeness (QED) is 0.365. The van der Waals surface area contributed by atoms with Crippen molar-refractivity contribution in [1.82, 2.24) is 4.98 Å². The molecule has 0 amide bonds. The second-order valence-electron chi connectivity index (χ2n) is 5.96. The van der Waals surface area contributed by atoms with Gasteiger partial charge in [0.1, 0.15) is 17.9 Å². The number of non-ortho nitro benzene ring substituents is 1. The number of aromatic nitrogens is 1. The summed E-state index contributed by atoms with van der Waals surface area (Å²) in [6.07, 6.45) is 3.83. The first-order valence-corrected chi connectivity index (χ1v) is 8.66. The number of nitro benzene ring substituents is 1. The molecule has 1 N–H and O–H groups in total. The first-order valence-electron chi connectivity index (χ1n) is 8.66. The van der Waals surface area contributed by atoms with Gasteiger partial charge in [0.2, 0.25) is 0 Å². The molecule has 6 nitrogen and oxygen atoms in total. The number of nitrogens with one attached hydrogen (secondary N) is 1. The Bertz CT molecular complexity index is 894. The maximum atomic E-state index is 11.1. The van der Waals surface area contributed by atoms with Crippen LogP contribution in [0.1, 0.15) is 18.9 Å². The summed E-state index contributed by atoms with van der Waals surface area (Å²) < 4.78 is 5.74. The highest BCUT2D eigenvalue weighted by Gasteiger charge is 2.14. The van der Waals surface area contributed by atoms with Crippen molar-refractivity contribution in [3.8, 4) is 5.75 Å². The number of hydrogen-bond acceptors (Lipinski definition) is 5. The molecule has 3 rings (SSSR count). The molecule has 1 aromatic heterocycles. The van der Waals surface area contributed by atoms with Crippen molar-refractivity contribution >= 4 is 22.3 Å². The Kier molecular flexibility index (Phi) is 5.63. The van der Waals surface area contributed by atoms with E-state index in [1.54, 1.807) is 24.4 Å². The van der Waals surface area contributed by atoms with Gasteiger partial charge in [-0.2, -0.15) is 0 Å². The Labute approximate surface area is 152 Å². The molecule has 0 radical (unpaired) electrons. The van der Waals surface area contributed by atoms with E-state index < -0.39 is 0 Å². The molecule has 3 aromatic rings. The Hall–Kier alpha value is -3.15. The molecule has 26 heavy (non-hydrogen) atoms. The fourth-order valence-corrected chi connectivity index (χ4v) is 2.86. The number of benzene rings is 2. The summed E-state index contributed by atoms with van der Waals surface area (Å²) in [6, 6.07) is 14.7. The van der Waals surface area contributed by atoms with Crippen LogP contribution in [0.25, 0.3) is 10.9 Å². The number of ether oxygens (including phenoxy) is 1. The fourth-order valence-electron chi connectivity index (χ4n) is 2.86. The lowest BCUT2D eigenvalue weighted by Gasteiger charge is -2.11. The summed E-state index contributed by atoms with van der Waals surface area (Å²) in [4.78, 5) is 15.0. The third-order valence-electron chi connectivity index (χ3n) is 4.09. The number of anilines is 1. The lowest BCUT2D eigenvalue weighted by atomic mass is 10.1. The van der Waals surface area contributed by atoms with Crippen molar-refractivity contribution in [3.63, 3.8) is 0 Å². The van der Waals surface area contributed by atoms with Crippen LogP contribution in [0.3, 0.4) is 0 Å². The van der Waals surface area contributed by atoms with Crippen molar-refractivity contribution in [1.29, 1.82) is 0 Å². The van der Waals surface area contributed by atoms with Crippen molar-refractivity contribution in [2.45, 2.75) is 19.8 Å². The largest absolute Gasteiger partial charge is 0.492 e. The van der Waals surface area contributed by atoms with Crippen LogP contribution < -0.4 is 10.1 Å². The third kappa shape index (κ3) is 4.08. The van der Waals surface area contributed by atoms with Crippen LogP contribution in [0.5, 0.6) is 5.75 Å². The summed E-state index contributed by atoms with van der Waals surface area (Å²) in [5.41, 5.74) is 2.71. The maximum Gasteiger partial charge on any atom is 0.278 e. The number of aryl methyl sites for hydroxylation is 1. The average Bonchev–Trinajstić information content (AvgIpc) is 2.66. The third-order valence-corrected chi connectivity index (χ3v) is 4.09. The molecule has 0 unspecified atom stereocenters. The zero-order valence-corrected chi connectivity index (χ0v) is 14.6. The topological polar surface area (TPSA) is 77.3 Å². The van der Waals surface area contributed by atoms with E-state index in [1.807, 2.05) is 12.1 Å². The van der Waals surface area contributed by atoms with Gasteiger partial charge in [-0.25, -0.2) is 0 Å². The Balaban J connectivity index is 1.61. The van der Waals surface area contributed by atoms with Crippen LogP contribution >= 0.6 is 0 Å². The maximum absolute atomic E-state index is 11.1. The molecular formula is C20H21N3O3. The van der Waals surface area contributed by atoms with Gasteiger partial charge in [-0.3, -0.25) is 15.1 Å². The summed E-state index contributed by atoms with van der Waals surface area (Å²) >= 11 is 0. The van der Waals surface area contributed by atoms with Crippen LogP contribution in [-0.4, -0.2) is 23.1 Å². The van der Waals surface area contributed by atoms with Gasteiger partial charge < -0.3 is 10.1 Å². The van der Waals surface area contributed by atoms with Gasteiger partial charge >= 0.3 is 0 Å². The minimum absolute atomic E-state index is 0.0575. The highest BCUT2D eigenvalue weighted by atomic mass is 16.6. The zero-order chi connectivity index (χ0) is 18.4. The Morgan fingerprint density at radius 2 is 1.96 bits per heavy atom. The monoisotopic (exact) mass is 351 g/mol.